The fourth-order valence-electron chi connectivity index (χ4n) is 0.350. The first-order chi connectivity index (χ1) is 4.31. The second-order valence-corrected chi connectivity index (χ2v) is 1.60. The smallest absolute Gasteiger partial charge is 0.317 e. The van der Waals surface area contributed by atoms with Crippen LogP contribution in [0.1, 0.15) is 19.8 Å². The second kappa shape index (κ2) is 5.17. The van der Waals surface area contributed by atoms with E-state index in [1.165, 1.54) is 0 Å². The normalized spacial score (nSPS) is 8.00. The van der Waals surface area contributed by atoms with E-state index in [2.05, 4.69) is 10.7 Å². The van der Waals surface area contributed by atoms with Crippen molar-refractivity contribution in [2.45, 2.75) is 19.8 Å². The highest BCUT2D eigenvalue weighted by atomic mass is 16.5. The summed E-state index contributed by atoms with van der Waals surface area (Å²) in [6, 6.07) is 0. The van der Waals surface area contributed by atoms with Crippen molar-refractivity contribution in [2.75, 3.05) is 6.61 Å². The highest BCUT2D eigenvalue weighted by molar-refractivity contribution is 5.72. The molecule has 0 saturated heterocycles. The number of terminal acetylenes is 1. The third kappa shape index (κ3) is 4.89. The Morgan fingerprint density at radius 1 is 1.78 bits per heavy atom. The lowest BCUT2D eigenvalue weighted by atomic mass is 10.4. The fraction of sp³-hybridized carbons (Fsp3) is 0.571. The van der Waals surface area contributed by atoms with Crippen molar-refractivity contribution in [3.63, 3.8) is 0 Å². The molecule has 0 aliphatic rings. The van der Waals surface area contributed by atoms with Gasteiger partial charge in [-0.1, -0.05) is 12.8 Å². The summed E-state index contributed by atoms with van der Waals surface area (Å²) in [5.74, 6) is 1.90. The van der Waals surface area contributed by atoms with Crippen LogP contribution in [0, 0.1) is 12.3 Å². The summed E-state index contributed by atoms with van der Waals surface area (Å²) < 4.78 is 4.65. The minimum Gasteiger partial charge on any atom is -0.465 e. The number of esters is 1. The lowest BCUT2D eigenvalue weighted by molar-refractivity contribution is -0.142. The van der Waals surface area contributed by atoms with Crippen molar-refractivity contribution in [3.05, 3.63) is 0 Å². The number of carbonyl (C=O) groups excluding carboxylic acids is 1. The predicted molar refractivity (Wildman–Crippen MR) is 34.7 cm³/mol. The largest absolute Gasteiger partial charge is 0.465 e. The van der Waals surface area contributed by atoms with Gasteiger partial charge in [0.05, 0.1) is 6.61 Å². The van der Waals surface area contributed by atoms with Crippen molar-refractivity contribution in [2.24, 2.45) is 0 Å². The molecule has 0 aromatic carbocycles. The fourth-order valence-corrected chi connectivity index (χ4v) is 0.350. The Kier molecular flexibility index (Phi) is 4.61. The van der Waals surface area contributed by atoms with Crippen LogP contribution in [0.4, 0.5) is 0 Å². The van der Waals surface area contributed by atoms with Gasteiger partial charge in [0.25, 0.3) is 0 Å². The molecule has 0 saturated carbocycles. The van der Waals surface area contributed by atoms with Crippen LogP contribution >= 0.6 is 0 Å². The van der Waals surface area contributed by atoms with Crippen LogP contribution in [-0.2, 0) is 9.53 Å². The van der Waals surface area contributed by atoms with Crippen molar-refractivity contribution in [3.8, 4) is 12.3 Å². The number of rotatable bonds is 3. The van der Waals surface area contributed by atoms with Gasteiger partial charge in [-0.25, -0.2) is 0 Å². The maximum Gasteiger partial charge on any atom is 0.317 e. The summed E-state index contributed by atoms with van der Waals surface area (Å²) in [5.41, 5.74) is 0. The van der Waals surface area contributed by atoms with E-state index in [0.717, 1.165) is 6.42 Å². The van der Waals surface area contributed by atoms with Crippen molar-refractivity contribution >= 4 is 5.97 Å². The minimum atomic E-state index is -0.306. The van der Waals surface area contributed by atoms with Crippen LogP contribution in [0.2, 0.25) is 0 Å². The van der Waals surface area contributed by atoms with Gasteiger partial charge < -0.3 is 4.74 Å². The summed E-state index contributed by atoms with van der Waals surface area (Å²) in [6.07, 6.45) is 5.78. The Morgan fingerprint density at radius 3 is 2.89 bits per heavy atom. The monoisotopic (exact) mass is 126 g/mol. The van der Waals surface area contributed by atoms with Gasteiger partial charge in [-0.3, -0.25) is 4.79 Å². The van der Waals surface area contributed by atoms with Crippen molar-refractivity contribution in [1.82, 2.24) is 0 Å². The second-order valence-electron chi connectivity index (χ2n) is 1.60. The molecule has 2 heteroatoms. The molecule has 0 aromatic rings. The van der Waals surface area contributed by atoms with Gasteiger partial charge in [0.15, 0.2) is 0 Å². The first-order valence-electron chi connectivity index (χ1n) is 2.90. The predicted octanol–water partition coefficient (Wildman–Crippen LogP) is 0.963. The molecule has 0 aliphatic carbocycles. The maximum atomic E-state index is 10.4. The van der Waals surface area contributed by atoms with Gasteiger partial charge >= 0.3 is 5.97 Å². The van der Waals surface area contributed by atoms with Gasteiger partial charge in [0.2, 0.25) is 0 Å². The highest BCUT2D eigenvalue weighted by Gasteiger charge is 1.95. The minimum absolute atomic E-state index is 0.0833. The zero-order chi connectivity index (χ0) is 7.11. The van der Waals surface area contributed by atoms with Gasteiger partial charge in [-0.05, 0) is 6.42 Å². The quantitative estimate of drug-likeness (QED) is 0.416. The van der Waals surface area contributed by atoms with E-state index in [1.807, 2.05) is 6.92 Å². The Hall–Kier alpha value is -0.970. The number of ether oxygens (including phenoxy) is 1. The Morgan fingerprint density at radius 2 is 2.44 bits per heavy atom. The molecule has 0 bridgehead atoms. The third-order valence-corrected chi connectivity index (χ3v) is 0.714. The lowest BCUT2D eigenvalue weighted by Crippen LogP contribution is -2.03. The molecule has 0 fully saturated rings. The average Bonchev–Trinajstić information content (AvgIpc) is 1.85. The summed E-state index contributed by atoms with van der Waals surface area (Å²) in [4.78, 5) is 10.4. The molecule has 50 valence electrons. The summed E-state index contributed by atoms with van der Waals surface area (Å²) in [7, 11) is 0. The molecule has 0 amide bonds. The SMILES string of the molecule is C#CCC(=O)OCCC. The van der Waals surface area contributed by atoms with Gasteiger partial charge in [0.1, 0.15) is 6.42 Å². The van der Waals surface area contributed by atoms with Crippen LogP contribution < -0.4 is 0 Å². The van der Waals surface area contributed by atoms with E-state index >= 15 is 0 Å². The van der Waals surface area contributed by atoms with Crippen LogP contribution in [-0.4, -0.2) is 12.6 Å². The van der Waals surface area contributed by atoms with E-state index in [-0.39, 0.29) is 12.4 Å². The zero-order valence-corrected chi connectivity index (χ0v) is 5.52. The van der Waals surface area contributed by atoms with Gasteiger partial charge in [-0.15, -0.1) is 6.42 Å². The topological polar surface area (TPSA) is 26.3 Å². The molecule has 9 heavy (non-hydrogen) atoms. The molecule has 0 radical (unpaired) electrons. The number of carbonyl (C=O) groups is 1. The summed E-state index contributed by atoms with van der Waals surface area (Å²) in [5, 5.41) is 0. The molecular formula is C7H10O2. The van der Waals surface area contributed by atoms with Crippen LogP contribution in [0.3, 0.4) is 0 Å². The summed E-state index contributed by atoms with van der Waals surface area (Å²) in [6.45, 7) is 2.41. The molecular weight excluding hydrogens is 116 g/mol. The molecule has 0 aromatic heterocycles. The molecule has 0 atom stereocenters. The highest BCUT2D eigenvalue weighted by Crippen LogP contribution is 1.85. The third-order valence-electron chi connectivity index (χ3n) is 0.714. The van der Waals surface area contributed by atoms with E-state index in [4.69, 9.17) is 6.42 Å². The molecule has 0 N–H and O–H groups in total. The van der Waals surface area contributed by atoms with Crippen molar-refractivity contribution in [1.29, 1.82) is 0 Å². The molecule has 0 spiro atoms. The van der Waals surface area contributed by atoms with E-state index in [1.54, 1.807) is 0 Å². The lowest BCUT2D eigenvalue weighted by Gasteiger charge is -1.96. The standard InChI is InChI=1S/C7H10O2/c1-3-5-7(8)9-6-4-2/h1H,4-6H2,2H3. The van der Waals surface area contributed by atoms with Crippen molar-refractivity contribution < 1.29 is 9.53 Å². The van der Waals surface area contributed by atoms with E-state index < -0.39 is 0 Å². The maximum absolute atomic E-state index is 10.4. The molecule has 0 rings (SSSR count). The van der Waals surface area contributed by atoms with E-state index in [0.29, 0.717) is 6.61 Å². The van der Waals surface area contributed by atoms with Crippen LogP contribution in [0.15, 0.2) is 0 Å². The first kappa shape index (κ1) is 8.03. The molecule has 0 unspecified atom stereocenters. The van der Waals surface area contributed by atoms with Crippen LogP contribution in [0.25, 0.3) is 0 Å². The number of hydrogen-bond acceptors (Lipinski definition) is 2. The first-order valence-corrected chi connectivity index (χ1v) is 2.90. The van der Waals surface area contributed by atoms with E-state index in [9.17, 15) is 4.79 Å². The Bertz CT molecular complexity index is 121. The Balaban J connectivity index is 3.19. The zero-order valence-electron chi connectivity index (χ0n) is 5.52. The molecule has 0 aliphatic heterocycles. The van der Waals surface area contributed by atoms with Gasteiger partial charge in [-0.2, -0.15) is 0 Å². The summed E-state index contributed by atoms with van der Waals surface area (Å²) >= 11 is 0. The molecule has 2 nitrogen and oxygen atoms in total. The van der Waals surface area contributed by atoms with Gasteiger partial charge in [0, 0.05) is 0 Å². The average molecular weight is 126 g/mol. The molecule has 0 heterocycles. The number of hydrogen-bond donors (Lipinski definition) is 0. The Labute approximate surface area is 55.2 Å². The van der Waals surface area contributed by atoms with Crippen LogP contribution in [0.5, 0.6) is 0 Å².